The predicted octanol–water partition coefficient (Wildman–Crippen LogP) is 2.95. The zero-order valence-corrected chi connectivity index (χ0v) is 11.7. The summed E-state index contributed by atoms with van der Waals surface area (Å²) in [6.07, 6.45) is 6.44. The Balaban J connectivity index is 0.000000771. The fourth-order valence-electron chi connectivity index (χ4n) is 2.14. The van der Waals surface area contributed by atoms with Crippen LogP contribution in [0.15, 0.2) is 10.9 Å². The summed E-state index contributed by atoms with van der Waals surface area (Å²) in [7, 11) is 0. The highest BCUT2D eigenvalue weighted by atomic mass is 16.5. The number of nitrogens with one attached hydrogen (secondary N) is 1. The quantitative estimate of drug-likeness (QED) is 0.899. The Morgan fingerprint density at radius 1 is 1.33 bits per heavy atom. The summed E-state index contributed by atoms with van der Waals surface area (Å²) in [5.74, 6) is 0.635. The number of hydrogen-bond acceptors (Lipinski definition) is 3. The average molecular weight is 252 g/mol. The van der Waals surface area contributed by atoms with Crippen molar-refractivity contribution < 1.29 is 4.74 Å². The zero-order chi connectivity index (χ0) is 13.4. The molecule has 0 aliphatic heterocycles. The number of aromatic nitrogens is 2. The second kappa shape index (κ2) is 8.03. The van der Waals surface area contributed by atoms with E-state index >= 15 is 0 Å². The average Bonchev–Trinajstić information content (AvgIpc) is 2.39. The van der Waals surface area contributed by atoms with E-state index in [0.29, 0.717) is 18.5 Å². The van der Waals surface area contributed by atoms with Crippen LogP contribution in [-0.4, -0.2) is 16.1 Å². The lowest BCUT2D eigenvalue weighted by atomic mass is 9.98. The molecule has 1 aliphatic rings. The summed E-state index contributed by atoms with van der Waals surface area (Å²) in [5, 5.41) is 0. The molecule has 4 nitrogen and oxygen atoms in total. The number of nitrogens with zero attached hydrogens (tertiary/aromatic N) is 1. The molecule has 1 aromatic rings. The Morgan fingerprint density at radius 2 is 2.00 bits per heavy atom. The molecular formula is C14H24N2O2. The van der Waals surface area contributed by atoms with Gasteiger partial charge in [-0.25, -0.2) is 4.98 Å². The molecule has 0 saturated heterocycles. The Bertz CT molecular complexity index is 395. The minimum absolute atomic E-state index is 0.102. The Hall–Kier alpha value is -1.16. The number of aryl methyl sites for hydroxylation is 1. The van der Waals surface area contributed by atoms with E-state index in [1.807, 2.05) is 20.8 Å². The number of rotatable bonds is 3. The summed E-state index contributed by atoms with van der Waals surface area (Å²) in [5.41, 5.74) is 0.640. The van der Waals surface area contributed by atoms with Crippen molar-refractivity contribution >= 4 is 0 Å². The van der Waals surface area contributed by atoms with Gasteiger partial charge in [-0.15, -0.1) is 0 Å². The molecule has 0 amide bonds. The second-order valence-electron chi connectivity index (χ2n) is 4.40. The summed E-state index contributed by atoms with van der Waals surface area (Å²) >= 11 is 0. The molecule has 2 rings (SSSR count). The van der Waals surface area contributed by atoms with Crippen molar-refractivity contribution in [3.8, 4) is 0 Å². The van der Waals surface area contributed by atoms with Gasteiger partial charge in [0.2, 0.25) is 0 Å². The first-order valence-electron chi connectivity index (χ1n) is 6.92. The first kappa shape index (κ1) is 14.9. The number of hydrogen-bond donors (Lipinski definition) is 1. The molecule has 0 aromatic carbocycles. The molecular weight excluding hydrogens is 228 g/mol. The summed E-state index contributed by atoms with van der Waals surface area (Å²) in [4.78, 5) is 18.1. The molecule has 0 spiro atoms. The van der Waals surface area contributed by atoms with Crippen LogP contribution in [0.1, 0.15) is 57.5 Å². The number of H-pyrrole nitrogens is 1. The molecule has 1 saturated carbocycles. The molecule has 102 valence electrons. The van der Waals surface area contributed by atoms with Crippen molar-refractivity contribution in [2.45, 2.75) is 65.6 Å². The summed E-state index contributed by atoms with van der Waals surface area (Å²) in [6, 6.07) is 1.49. The van der Waals surface area contributed by atoms with Crippen molar-refractivity contribution in [3.63, 3.8) is 0 Å². The molecule has 0 bridgehead atoms. The van der Waals surface area contributed by atoms with Crippen LogP contribution < -0.4 is 5.56 Å². The first-order valence-corrected chi connectivity index (χ1v) is 6.92. The highest BCUT2D eigenvalue weighted by Crippen LogP contribution is 2.20. The van der Waals surface area contributed by atoms with Gasteiger partial charge in [0, 0.05) is 11.8 Å². The molecule has 1 N–H and O–H groups in total. The summed E-state index contributed by atoms with van der Waals surface area (Å²) in [6.45, 7) is 6.24. The topological polar surface area (TPSA) is 55.0 Å². The third-order valence-electron chi connectivity index (χ3n) is 2.93. The molecule has 0 radical (unpaired) electrons. The minimum atomic E-state index is -0.102. The third-order valence-corrected chi connectivity index (χ3v) is 2.93. The van der Waals surface area contributed by atoms with Gasteiger partial charge >= 0.3 is 0 Å². The maximum absolute atomic E-state index is 11.2. The minimum Gasteiger partial charge on any atom is -0.370 e. The molecule has 1 heterocycles. The monoisotopic (exact) mass is 252 g/mol. The van der Waals surface area contributed by atoms with E-state index in [0.717, 1.165) is 18.5 Å². The van der Waals surface area contributed by atoms with Gasteiger partial charge in [-0.3, -0.25) is 4.79 Å². The van der Waals surface area contributed by atoms with Gasteiger partial charge < -0.3 is 9.72 Å². The van der Waals surface area contributed by atoms with Crippen LogP contribution in [0.2, 0.25) is 0 Å². The van der Waals surface area contributed by atoms with E-state index < -0.39 is 0 Å². The second-order valence-corrected chi connectivity index (χ2v) is 4.40. The number of ether oxygens (including phenoxy) is 1. The standard InChI is InChI=1S/C12H18N2O2.C2H6/c1-9-7-12(15)14-11(13-9)8-16-10-5-3-2-4-6-10;1-2/h7,10H,2-6,8H2,1H3,(H,13,14,15);1-2H3. The van der Waals surface area contributed by atoms with Gasteiger partial charge in [-0.2, -0.15) is 0 Å². The molecule has 1 aromatic heterocycles. The highest BCUT2D eigenvalue weighted by molar-refractivity contribution is 4.99. The van der Waals surface area contributed by atoms with Gasteiger partial charge in [0.15, 0.2) is 0 Å². The zero-order valence-electron chi connectivity index (χ0n) is 11.7. The van der Waals surface area contributed by atoms with Crippen molar-refractivity contribution in [1.82, 2.24) is 9.97 Å². The molecule has 0 atom stereocenters. The van der Waals surface area contributed by atoms with Crippen LogP contribution in [0.25, 0.3) is 0 Å². The fraction of sp³-hybridized carbons (Fsp3) is 0.714. The Kier molecular flexibility index (Phi) is 6.65. The normalized spacial score (nSPS) is 15.9. The predicted molar refractivity (Wildman–Crippen MR) is 72.6 cm³/mol. The van der Waals surface area contributed by atoms with Gasteiger partial charge in [-0.1, -0.05) is 33.1 Å². The van der Waals surface area contributed by atoms with Crippen LogP contribution in [-0.2, 0) is 11.3 Å². The Labute approximate surface area is 109 Å². The van der Waals surface area contributed by atoms with E-state index in [1.54, 1.807) is 0 Å². The Morgan fingerprint density at radius 3 is 2.61 bits per heavy atom. The fourth-order valence-corrected chi connectivity index (χ4v) is 2.14. The lowest BCUT2D eigenvalue weighted by molar-refractivity contribution is 0.0134. The summed E-state index contributed by atoms with van der Waals surface area (Å²) < 4.78 is 5.75. The van der Waals surface area contributed by atoms with Crippen LogP contribution in [0.5, 0.6) is 0 Å². The highest BCUT2D eigenvalue weighted by Gasteiger charge is 2.14. The van der Waals surface area contributed by atoms with E-state index in [1.165, 1.54) is 25.3 Å². The maximum Gasteiger partial charge on any atom is 0.251 e. The van der Waals surface area contributed by atoms with Crippen molar-refractivity contribution in [2.24, 2.45) is 0 Å². The smallest absolute Gasteiger partial charge is 0.251 e. The van der Waals surface area contributed by atoms with Crippen molar-refractivity contribution in [1.29, 1.82) is 0 Å². The van der Waals surface area contributed by atoms with Crippen molar-refractivity contribution in [3.05, 3.63) is 27.9 Å². The van der Waals surface area contributed by atoms with Crippen LogP contribution in [0, 0.1) is 6.92 Å². The van der Waals surface area contributed by atoms with Gasteiger partial charge in [-0.05, 0) is 19.8 Å². The molecule has 1 aliphatic carbocycles. The lowest BCUT2D eigenvalue weighted by Gasteiger charge is -2.21. The largest absolute Gasteiger partial charge is 0.370 e. The van der Waals surface area contributed by atoms with Crippen LogP contribution in [0.3, 0.4) is 0 Å². The first-order chi connectivity index (χ1) is 8.74. The third kappa shape index (κ3) is 5.00. The number of aromatic amines is 1. The SMILES string of the molecule is CC.Cc1cc(=O)[nH]c(COC2CCCCC2)n1. The van der Waals surface area contributed by atoms with E-state index in [-0.39, 0.29) is 5.56 Å². The maximum atomic E-state index is 11.2. The lowest BCUT2D eigenvalue weighted by Crippen LogP contribution is -2.19. The molecule has 0 unspecified atom stereocenters. The van der Waals surface area contributed by atoms with Gasteiger partial charge in [0.25, 0.3) is 5.56 Å². The van der Waals surface area contributed by atoms with E-state index in [2.05, 4.69) is 9.97 Å². The molecule has 1 fully saturated rings. The molecule has 4 heteroatoms. The van der Waals surface area contributed by atoms with Crippen LogP contribution >= 0.6 is 0 Å². The van der Waals surface area contributed by atoms with E-state index in [9.17, 15) is 4.79 Å². The van der Waals surface area contributed by atoms with Gasteiger partial charge in [0.1, 0.15) is 12.4 Å². The van der Waals surface area contributed by atoms with Crippen molar-refractivity contribution in [2.75, 3.05) is 0 Å². The van der Waals surface area contributed by atoms with Gasteiger partial charge in [0.05, 0.1) is 6.10 Å². The van der Waals surface area contributed by atoms with Crippen LogP contribution in [0.4, 0.5) is 0 Å². The molecule has 18 heavy (non-hydrogen) atoms. The van der Waals surface area contributed by atoms with E-state index in [4.69, 9.17) is 4.74 Å².